The zero-order chi connectivity index (χ0) is 12.3. The maximum absolute atomic E-state index is 11.8. The quantitative estimate of drug-likeness (QED) is 0.366. The lowest BCUT2D eigenvalue weighted by molar-refractivity contribution is -0.209. The van der Waals surface area contributed by atoms with Gasteiger partial charge in [-0.05, 0) is 12.8 Å². The number of primary amides is 1. The van der Waals surface area contributed by atoms with E-state index in [1.807, 2.05) is 5.92 Å². The van der Waals surface area contributed by atoms with Gasteiger partial charge in [-0.15, -0.1) is 5.92 Å². The second-order valence-corrected chi connectivity index (χ2v) is 2.36. The molecule has 0 aliphatic rings. The third kappa shape index (κ3) is 3.47. The number of hydrogen-bond acceptors (Lipinski definition) is 4. The highest BCUT2D eigenvalue weighted by Crippen LogP contribution is 2.19. The highest BCUT2D eigenvalue weighted by atomic mass is 19.4. The van der Waals surface area contributed by atoms with Crippen LogP contribution in [0.25, 0.3) is 0 Å². The van der Waals surface area contributed by atoms with Gasteiger partial charge in [-0.1, -0.05) is 0 Å². The first-order chi connectivity index (χ1) is 6.63. The van der Waals surface area contributed by atoms with Gasteiger partial charge in [0.2, 0.25) is 0 Å². The lowest BCUT2D eigenvalue weighted by atomic mass is 10.2. The van der Waals surface area contributed by atoms with Crippen molar-refractivity contribution in [3.8, 4) is 11.8 Å². The van der Waals surface area contributed by atoms with Gasteiger partial charge in [0.15, 0.2) is 0 Å². The smallest absolute Gasteiger partial charge is 0.416 e. The summed E-state index contributed by atoms with van der Waals surface area (Å²) in [7, 11) is 0. The van der Waals surface area contributed by atoms with E-state index in [-0.39, 0.29) is 0 Å². The Morgan fingerprint density at radius 3 is 2.07 bits per heavy atom. The maximum atomic E-state index is 11.8. The number of alkyl halides is 3. The molecule has 0 aromatic heterocycles. The molecule has 5 nitrogen and oxygen atoms in total. The van der Waals surface area contributed by atoms with Crippen LogP contribution in [0.3, 0.4) is 0 Å². The number of nitrogens with two attached hydrogens (primary N) is 2. The lowest BCUT2D eigenvalue weighted by Gasteiger charge is -2.20. The molecule has 15 heavy (non-hydrogen) atoms. The van der Waals surface area contributed by atoms with Gasteiger partial charge >= 0.3 is 17.9 Å². The summed E-state index contributed by atoms with van der Waals surface area (Å²) >= 11 is 0. The number of halogens is 3. The Labute approximate surface area is 82.5 Å². The summed E-state index contributed by atoms with van der Waals surface area (Å²) in [4.78, 5) is 21.0. The third-order valence-corrected chi connectivity index (χ3v) is 1.16. The van der Waals surface area contributed by atoms with E-state index in [4.69, 9.17) is 5.73 Å². The monoisotopic (exact) mass is 224 g/mol. The van der Waals surface area contributed by atoms with Gasteiger partial charge in [-0.2, -0.15) is 13.2 Å². The molecule has 0 rings (SSSR count). The second kappa shape index (κ2) is 4.18. The molecule has 0 aliphatic carbocycles. The molecule has 84 valence electrons. The Balaban J connectivity index is 4.93. The van der Waals surface area contributed by atoms with Gasteiger partial charge in [0.05, 0.1) is 0 Å². The fraction of sp³-hybridized carbons (Fsp3) is 0.429. The van der Waals surface area contributed by atoms with Crippen molar-refractivity contribution >= 4 is 11.9 Å². The predicted octanol–water partition coefficient (Wildman–Crippen LogP) is -0.745. The van der Waals surface area contributed by atoms with Crippen LogP contribution in [0, 0.1) is 11.8 Å². The van der Waals surface area contributed by atoms with Gasteiger partial charge < -0.3 is 10.5 Å². The van der Waals surface area contributed by atoms with E-state index in [2.05, 4.69) is 10.5 Å². The van der Waals surface area contributed by atoms with E-state index >= 15 is 0 Å². The van der Waals surface area contributed by atoms with Crippen molar-refractivity contribution in [3.63, 3.8) is 0 Å². The molecule has 0 aliphatic heterocycles. The van der Waals surface area contributed by atoms with Crippen molar-refractivity contribution in [1.29, 1.82) is 0 Å². The summed E-state index contributed by atoms with van der Waals surface area (Å²) in [6, 6.07) is 0. The molecule has 4 N–H and O–H groups in total. The molecule has 1 amide bonds. The number of esters is 1. The van der Waals surface area contributed by atoms with Crippen LogP contribution in [0.2, 0.25) is 0 Å². The first kappa shape index (κ1) is 13.2. The van der Waals surface area contributed by atoms with Crippen LogP contribution in [0.1, 0.15) is 6.92 Å². The summed E-state index contributed by atoms with van der Waals surface area (Å²) in [5, 5.41) is 0. The van der Waals surface area contributed by atoms with E-state index < -0.39 is 23.8 Å². The standard InChI is InChI=1S/C7H7F3N2O3/c1-2-3-6(12,4(11)13)15-5(14)7(8,9)10/h12H2,1H3,(H2,11,13). The van der Waals surface area contributed by atoms with Crippen molar-refractivity contribution in [1.82, 2.24) is 0 Å². The van der Waals surface area contributed by atoms with Crippen LogP contribution < -0.4 is 11.5 Å². The predicted molar refractivity (Wildman–Crippen MR) is 41.7 cm³/mol. The van der Waals surface area contributed by atoms with Crippen molar-refractivity contribution in [2.45, 2.75) is 18.8 Å². The zero-order valence-electron chi connectivity index (χ0n) is 7.51. The number of ether oxygens (including phenoxy) is 1. The molecule has 0 radical (unpaired) electrons. The Morgan fingerprint density at radius 1 is 1.33 bits per heavy atom. The van der Waals surface area contributed by atoms with Crippen molar-refractivity contribution < 1.29 is 27.5 Å². The normalized spacial score (nSPS) is 14.5. The molecule has 0 saturated carbocycles. The molecule has 1 unspecified atom stereocenters. The van der Waals surface area contributed by atoms with E-state index in [1.54, 1.807) is 5.92 Å². The van der Waals surface area contributed by atoms with Crippen LogP contribution in [0.15, 0.2) is 0 Å². The number of amides is 1. The Morgan fingerprint density at radius 2 is 1.80 bits per heavy atom. The highest BCUT2D eigenvalue weighted by Gasteiger charge is 2.47. The number of rotatable bonds is 2. The lowest BCUT2D eigenvalue weighted by Crippen LogP contribution is -2.55. The molecule has 0 aromatic carbocycles. The average molecular weight is 224 g/mol. The van der Waals surface area contributed by atoms with Crippen LogP contribution in [0.4, 0.5) is 13.2 Å². The molecular formula is C7H7F3N2O3. The minimum absolute atomic E-state index is 1.19. The van der Waals surface area contributed by atoms with Crippen LogP contribution in [-0.2, 0) is 14.3 Å². The maximum Gasteiger partial charge on any atom is 0.491 e. The van der Waals surface area contributed by atoms with Gasteiger partial charge in [0.25, 0.3) is 5.91 Å². The number of hydrogen-bond donors (Lipinski definition) is 2. The molecule has 0 aromatic rings. The molecule has 1 atom stereocenters. The zero-order valence-corrected chi connectivity index (χ0v) is 7.51. The molecule has 0 heterocycles. The minimum atomic E-state index is -5.27. The summed E-state index contributed by atoms with van der Waals surface area (Å²) in [5.74, 6) is -0.326. The molecule has 0 fully saturated rings. The average Bonchev–Trinajstić information content (AvgIpc) is 2.02. The summed E-state index contributed by atoms with van der Waals surface area (Å²) in [5.41, 5.74) is 6.83. The molecule has 0 spiro atoms. The second-order valence-electron chi connectivity index (χ2n) is 2.36. The fourth-order valence-corrected chi connectivity index (χ4v) is 0.527. The molecule has 0 saturated heterocycles. The summed E-state index contributed by atoms with van der Waals surface area (Å²) < 4.78 is 38.9. The fourth-order valence-electron chi connectivity index (χ4n) is 0.527. The highest BCUT2D eigenvalue weighted by molar-refractivity contribution is 5.90. The van der Waals surface area contributed by atoms with Gasteiger partial charge in [-0.25, -0.2) is 4.79 Å². The Kier molecular flexibility index (Phi) is 3.70. The van der Waals surface area contributed by atoms with Crippen molar-refractivity contribution in [2.75, 3.05) is 0 Å². The third-order valence-electron chi connectivity index (χ3n) is 1.16. The molecule has 0 bridgehead atoms. The SMILES string of the molecule is CC#CC(N)(OC(=O)C(F)(F)F)C(N)=O. The van der Waals surface area contributed by atoms with Crippen LogP contribution >= 0.6 is 0 Å². The van der Waals surface area contributed by atoms with Crippen LogP contribution in [-0.4, -0.2) is 23.8 Å². The van der Waals surface area contributed by atoms with E-state index in [0.29, 0.717) is 0 Å². The summed E-state index contributed by atoms with van der Waals surface area (Å²) in [6.07, 6.45) is -5.27. The van der Waals surface area contributed by atoms with E-state index in [1.165, 1.54) is 6.92 Å². The van der Waals surface area contributed by atoms with E-state index in [0.717, 1.165) is 0 Å². The largest absolute Gasteiger partial charge is 0.491 e. The first-order valence-corrected chi connectivity index (χ1v) is 3.46. The van der Waals surface area contributed by atoms with Gasteiger partial charge in [0, 0.05) is 0 Å². The van der Waals surface area contributed by atoms with Crippen molar-refractivity contribution in [2.24, 2.45) is 11.5 Å². The van der Waals surface area contributed by atoms with Gasteiger partial charge in [-0.3, -0.25) is 10.5 Å². The minimum Gasteiger partial charge on any atom is -0.416 e. The molecule has 8 heteroatoms. The Hall–Kier alpha value is -1.75. The van der Waals surface area contributed by atoms with Gasteiger partial charge in [0.1, 0.15) is 0 Å². The molecular weight excluding hydrogens is 217 g/mol. The van der Waals surface area contributed by atoms with Crippen LogP contribution in [0.5, 0.6) is 0 Å². The Bertz CT molecular complexity index is 342. The first-order valence-electron chi connectivity index (χ1n) is 3.46. The summed E-state index contributed by atoms with van der Waals surface area (Å²) in [6.45, 7) is 1.19. The number of carbonyl (C=O) groups is 2. The topological polar surface area (TPSA) is 95.4 Å². The van der Waals surface area contributed by atoms with E-state index in [9.17, 15) is 22.8 Å². The van der Waals surface area contributed by atoms with Crippen molar-refractivity contribution in [3.05, 3.63) is 0 Å². The number of carbonyl (C=O) groups excluding carboxylic acids is 2.